The highest BCUT2D eigenvalue weighted by Gasteiger charge is 2.26. The summed E-state index contributed by atoms with van der Waals surface area (Å²) in [5, 5.41) is 12.8. The van der Waals surface area contributed by atoms with E-state index in [1.54, 1.807) is 0 Å². The fraction of sp³-hybridized carbons (Fsp3) is 0.917. The summed E-state index contributed by atoms with van der Waals surface area (Å²) in [7, 11) is 0. The van der Waals surface area contributed by atoms with Crippen molar-refractivity contribution >= 4 is 17.7 Å². The van der Waals surface area contributed by atoms with E-state index in [4.69, 9.17) is 0 Å². The Labute approximate surface area is 101 Å². The average Bonchev–Trinajstić information content (AvgIpc) is 2.81. The third-order valence-corrected chi connectivity index (χ3v) is 4.87. The molecule has 1 aliphatic heterocycles. The average molecular weight is 243 g/mol. The maximum atomic E-state index is 11.8. The lowest BCUT2D eigenvalue weighted by Gasteiger charge is -2.28. The van der Waals surface area contributed by atoms with Crippen molar-refractivity contribution in [3.8, 4) is 0 Å². The number of aliphatic hydroxyl groups excluding tert-OH is 1. The third kappa shape index (κ3) is 3.14. The first kappa shape index (κ1) is 12.2. The fourth-order valence-electron chi connectivity index (χ4n) is 2.54. The van der Waals surface area contributed by atoms with Gasteiger partial charge in [-0.05, 0) is 25.0 Å². The summed E-state index contributed by atoms with van der Waals surface area (Å²) >= 11 is 1.86. The van der Waals surface area contributed by atoms with Crippen LogP contribution in [0.25, 0.3) is 0 Å². The minimum atomic E-state index is -0.202. The summed E-state index contributed by atoms with van der Waals surface area (Å²) in [6.07, 6.45) is 5.10. The van der Waals surface area contributed by atoms with Crippen LogP contribution in [0.15, 0.2) is 0 Å². The van der Waals surface area contributed by atoms with Gasteiger partial charge >= 0.3 is 0 Å². The molecule has 0 radical (unpaired) electrons. The minimum Gasteiger partial charge on any atom is -0.393 e. The zero-order valence-corrected chi connectivity index (χ0v) is 10.5. The lowest BCUT2D eigenvalue weighted by molar-refractivity contribution is -0.124. The quantitative estimate of drug-likeness (QED) is 0.788. The van der Waals surface area contributed by atoms with Crippen molar-refractivity contribution < 1.29 is 9.90 Å². The second-order valence-electron chi connectivity index (χ2n) is 4.92. The number of carbonyl (C=O) groups excluding carboxylic acids is 1. The van der Waals surface area contributed by atoms with Crippen LogP contribution in [-0.4, -0.2) is 35.2 Å². The van der Waals surface area contributed by atoms with Gasteiger partial charge < -0.3 is 10.4 Å². The highest BCUT2D eigenvalue weighted by Crippen LogP contribution is 2.25. The lowest BCUT2D eigenvalue weighted by atomic mass is 9.86. The van der Waals surface area contributed by atoms with Gasteiger partial charge in [0, 0.05) is 24.1 Å². The number of hydrogen-bond donors (Lipinski definition) is 2. The Morgan fingerprint density at radius 3 is 2.81 bits per heavy atom. The summed E-state index contributed by atoms with van der Waals surface area (Å²) in [5.41, 5.74) is 0. The van der Waals surface area contributed by atoms with Gasteiger partial charge in [0.2, 0.25) is 5.91 Å². The van der Waals surface area contributed by atoms with Crippen LogP contribution in [0.5, 0.6) is 0 Å². The molecule has 16 heavy (non-hydrogen) atoms. The van der Waals surface area contributed by atoms with Crippen LogP contribution in [0, 0.1) is 11.8 Å². The van der Waals surface area contributed by atoms with Gasteiger partial charge in [-0.15, -0.1) is 0 Å². The molecule has 2 fully saturated rings. The van der Waals surface area contributed by atoms with E-state index in [2.05, 4.69) is 5.32 Å². The van der Waals surface area contributed by atoms with E-state index < -0.39 is 0 Å². The summed E-state index contributed by atoms with van der Waals surface area (Å²) in [4.78, 5) is 11.8. The third-order valence-electron chi connectivity index (χ3n) is 3.71. The topological polar surface area (TPSA) is 49.3 Å². The lowest BCUT2D eigenvalue weighted by Crippen LogP contribution is -2.39. The molecule has 0 spiro atoms. The zero-order chi connectivity index (χ0) is 11.4. The molecule has 0 aromatic heterocycles. The van der Waals surface area contributed by atoms with Crippen molar-refractivity contribution in [3.63, 3.8) is 0 Å². The Balaban J connectivity index is 1.71. The number of hydrogen-bond acceptors (Lipinski definition) is 3. The van der Waals surface area contributed by atoms with Crippen LogP contribution in [-0.2, 0) is 4.79 Å². The van der Waals surface area contributed by atoms with Gasteiger partial charge in [-0.3, -0.25) is 4.79 Å². The maximum Gasteiger partial charge on any atom is 0.223 e. The first-order chi connectivity index (χ1) is 7.77. The van der Waals surface area contributed by atoms with Gasteiger partial charge in [0.25, 0.3) is 0 Å². The van der Waals surface area contributed by atoms with E-state index >= 15 is 0 Å². The van der Waals surface area contributed by atoms with Crippen LogP contribution in [0.1, 0.15) is 32.1 Å². The number of thioether (sulfide) groups is 1. The van der Waals surface area contributed by atoms with Gasteiger partial charge in [-0.25, -0.2) is 0 Å². The standard InChI is InChI=1S/C12H21NO2S/c14-11-4-2-1-3-9(11)7-13-12(15)10-5-6-16-8-10/h9-11,14H,1-8H2,(H,13,15). The van der Waals surface area contributed by atoms with Crippen LogP contribution in [0.3, 0.4) is 0 Å². The van der Waals surface area contributed by atoms with Crippen LogP contribution >= 0.6 is 11.8 Å². The Morgan fingerprint density at radius 2 is 2.12 bits per heavy atom. The molecule has 0 aromatic carbocycles. The Bertz CT molecular complexity index is 241. The molecule has 1 saturated heterocycles. The highest BCUT2D eigenvalue weighted by molar-refractivity contribution is 7.99. The number of rotatable bonds is 3. The molecule has 2 N–H and O–H groups in total. The maximum absolute atomic E-state index is 11.8. The molecule has 0 bridgehead atoms. The van der Waals surface area contributed by atoms with E-state index in [9.17, 15) is 9.90 Å². The number of carbonyl (C=O) groups is 1. The molecule has 3 atom stereocenters. The van der Waals surface area contributed by atoms with Gasteiger partial charge in [-0.1, -0.05) is 12.8 Å². The van der Waals surface area contributed by atoms with E-state index in [-0.39, 0.29) is 23.8 Å². The smallest absolute Gasteiger partial charge is 0.223 e. The first-order valence-electron chi connectivity index (χ1n) is 6.31. The van der Waals surface area contributed by atoms with Crippen molar-refractivity contribution in [2.75, 3.05) is 18.1 Å². The summed E-state index contributed by atoms with van der Waals surface area (Å²) in [6.45, 7) is 0.668. The SMILES string of the molecule is O=C(NCC1CCCCC1O)C1CCSC1. The molecule has 1 aliphatic carbocycles. The predicted molar refractivity (Wildman–Crippen MR) is 66.4 cm³/mol. The van der Waals surface area contributed by atoms with E-state index in [0.717, 1.165) is 37.2 Å². The zero-order valence-electron chi connectivity index (χ0n) is 9.65. The minimum absolute atomic E-state index is 0.197. The molecule has 3 unspecified atom stereocenters. The van der Waals surface area contributed by atoms with Gasteiger partial charge in [0.1, 0.15) is 0 Å². The Kier molecular flexibility index (Phi) is 4.53. The van der Waals surface area contributed by atoms with E-state index in [0.29, 0.717) is 6.54 Å². The van der Waals surface area contributed by atoms with Crippen molar-refractivity contribution in [2.45, 2.75) is 38.2 Å². The molecule has 1 amide bonds. The monoisotopic (exact) mass is 243 g/mol. The second-order valence-corrected chi connectivity index (χ2v) is 6.07. The molecule has 1 heterocycles. The van der Waals surface area contributed by atoms with Crippen LogP contribution in [0.4, 0.5) is 0 Å². The van der Waals surface area contributed by atoms with Gasteiger partial charge in [0.15, 0.2) is 0 Å². The fourth-order valence-corrected chi connectivity index (χ4v) is 3.76. The van der Waals surface area contributed by atoms with Crippen LogP contribution < -0.4 is 5.32 Å². The summed E-state index contributed by atoms with van der Waals surface area (Å²) in [5.74, 6) is 2.78. The van der Waals surface area contributed by atoms with Gasteiger partial charge in [-0.2, -0.15) is 11.8 Å². The van der Waals surface area contributed by atoms with E-state index in [1.807, 2.05) is 11.8 Å². The molecule has 2 rings (SSSR count). The Morgan fingerprint density at radius 1 is 1.31 bits per heavy atom. The molecule has 2 aliphatic rings. The molecule has 3 nitrogen and oxygen atoms in total. The molecular weight excluding hydrogens is 222 g/mol. The second kappa shape index (κ2) is 5.92. The predicted octanol–water partition coefficient (Wildman–Crippen LogP) is 1.41. The number of nitrogens with one attached hydrogen (secondary N) is 1. The summed E-state index contributed by atoms with van der Waals surface area (Å²) < 4.78 is 0. The number of aliphatic hydroxyl groups is 1. The van der Waals surface area contributed by atoms with Crippen LogP contribution in [0.2, 0.25) is 0 Å². The molecule has 4 heteroatoms. The number of amides is 1. The highest BCUT2D eigenvalue weighted by atomic mass is 32.2. The summed E-state index contributed by atoms with van der Waals surface area (Å²) in [6, 6.07) is 0. The van der Waals surface area contributed by atoms with Gasteiger partial charge in [0.05, 0.1) is 6.10 Å². The van der Waals surface area contributed by atoms with Crippen molar-refractivity contribution in [1.82, 2.24) is 5.32 Å². The molecule has 1 saturated carbocycles. The first-order valence-corrected chi connectivity index (χ1v) is 7.46. The molecule has 92 valence electrons. The van der Waals surface area contributed by atoms with Crippen molar-refractivity contribution in [3.05, 3.63) is 0 Å². The molecule has 0 aromatic rings. The normalized spacial score (nSPS) is 34.9. The van der Waals surface area contributed by atoms with Crippen molar-refractivity contribution in [2.24, 2.45) is 11.8 Å². The Hall–Kier alpha value is -0.220. The molecular formula is C12H21NO2S. The largest absolute Gasteiger partial charge is 0.393 e. The van der Waals surface area contributed by atoms with Crippen molar-refractivity contribution in [1.29, 1.82) is 0 Å². The van der Waals surface area contributed by atoms with E-state index in [1.165, 1.54) is 6.42 Å².